The molecule has 1 aliphatic heterocycles. The van der Waals surface area contributed by atoms with Crippen molar-refractivity contribution in [3.05, 3.63) is 34.4 Å². The van der Waals surface area contributed by atoms with Crippen LogP contribution in [0, 0.1) is 26.7 Å². The number of benzene rings is 1. The number of hydrogen-bond donors (Lipinski definition) is 1. The molecule has 1 saturated carbocycles. The summed E-state index contributed by atoms with van der Waals surface area (Å²) < 4.78 is 0. The van der Waals surface area contributed by atoms with Crippen LogP contribution in [0.4, 0.5) is 0 Å². The van der Waals surface area contributed by atoms with E-state index >= 15 is 0 Å². The highest BCUT2D eigenvalue weighted by atomic mass is 16.1. The van der Waals surface area contributed by atoms with Crippen LogP contribution in [0.25, 0.3) is 0 Å². The first-order valence-electron chi connectivity index (χ1n) is 8.40. The van der Waals surface area contributed by atoms with Gasteiger partial charge in [-0.05, 0) is 62.6 Å². The lowest BCUT2D eigenvalue weighted by Crippen LogP contribution is -2.37. The fourth-order valence-electron chi connectivity index (χ4n) is 4.35. The molecular weight excluding hydrogens is 258 g/mol. The molecule has 0 amide bonds. The molecule has 1 saturated heterocycles. The molecule has 3 unspecified atom stereocenters. The van der Waals surface area contributed by atoms with Gasteiger partial charge in [-0.3, -0.25) is 4.79 Å². The summed E-state index contributed by atoms with van der Waals surface area (Å²) in [4.78, 5) is 12.7. The van der Waals surface area contributed by atoms with Gasteiger partial charge in [-0.2, -0.15) is 0 Å². The average molecular weight is 285 g/mol. The van der Waals surface area contributed by atoms with E-state index in [-0.39, 0.29) is 6.04 Å². The second kappa shape index (κ2) is 5.92. The van der Waals surface area contributed by atoms with Crippen LogP contribution in [0.2, 0.25) is 0 Å². The molecule has 114 valence electrons. The fraction of sp³-hybridized carbons (Fsp3) is 0.632. The first-order chi connectivity index (χ1) is 10.0. The molecule has 0 bridgehead atoms. The highest BCUT2D eigenvalue weighted by molar-refractivity contribution is 5.87. The van der Waals surface area contributed by atoms with Crippen LogP contribution >= 0.6 is 0 Å². The molecule has 0 radical (unpaired) electrons. The van der Waals surface area contributed by atoms with Gasteiger partial charge in [0, 0.05) is 12.5 Å². The number of fused-ring (bicyclic) bond motifs is 1. The van der Waals surface area contributed by atoms with Crippen LogP contribution < -0.4 is 5.32 Å². The van der Waals surface area contributed by atoms with Gasteiger partial charge in [0.2, 0.25) is 0 Å². The Morgan fingerprint density at radius 1 is 1.14 bits per heavy atom. The number of carbonyl (C=O) groups excluding carboxylic acids is 1. The van der Waals surface area contributed by atoms with Crippen molar-refractivity contribution in [2.75, 3.05) is 0 Å². The van der Waals surface area contributed by atoms with Crippen LogP contribution in [0.5, 0.6) is 0 Å². The summed E-state index contributed by atoms with van der Waals surface area (Å²) in [7, 11) is 0. The van der Waals surface area contributed by atoms with Gasteiger partial charge in [-0.1, -0.05) is 30.5 Å². The molecule has 0 aromatic heterocycles. The Morgan fingerprint density at radius 2 is 1.81 bits per heavy atom. The number of nitrogens with one attached hydrogen (secondary N) is 1. The Hall–Kier alpha value is -1.15. The largest absolute Gasteiger partial charge is 0.304 e. The first kappa shape index (κ1) is 14.8. The van der Waals surface area contributed by atoms with Crippen molar-refractivity contribution >= 4 is 5.78 Å². The van der Waals surface area contributed by atoms with Crippen molar-refractivity contribution in [3.63, 3.8) is 0 Å². The Bertz CT molecular complexity index is 511. The standard InChI is InChI=1S/C19H27NO/c1-12-8-13(2)16(14(3)9-12)11-19(21)18-10-15-6-4-5-7-17(15)20-18/h8-9,15,17-18,20H,4-7,10-11H2,1-3H3. The third-order valence-corrected chi connectivity index (χ3v) is 5.44. The lowest BCUT2D eigenvalue weighted by molar-refractivity contribution is -0.120. The summed E-state index contributed by atoms with van der Waals surface area (Å²) in [6.07, 6.45) is 6.90. The van der Waals surface area contributed by atoms with Crippen molar-refractivity contribution in [1.29, 1.82) is 0 Å². The van der Waals surface area contributed by atoms with E-state index in [1.807, 2.05) is 0 Å². The molecule has 1 heterocycles. The van der Waals surface area contributed by atoms with Gasteiger partial charge >= 0.3 is 0 Å². The van der Waals surface area contributed by atoms with E-state index in [0.717, 1.165) is 12.3 Å². The van der Waals surface area contributed by atoms with Gasteiger partial charge in [0.05, 0.1) is 6.04 Å². The van der Waals surface area contributed by atoms with Crippen molar-refractivity contribution in [3.8, 4) is 0 Å². The first-order valence-corrected chi connectivity index (χ1v) is 8.40. The third kappa shape index (κ3) is 3.06. The lowest BCUT2D eigenvalue weighted by atomic mass is 9.84. The number of carbonyl (C=O) groups is 1. The summed E-state index contributed by atoms with van der Waals surface area (Å²) >= 11 is 0. The molecule has 1 aromatic carbocycles. The number of ketones is 1. The van der Waals surface area contributed by atoms with Crippen molar-refractivity contribution < 1.29 is 4.79 Å². The van der Waals surface area contributed by atoms with E-state index in [0.29, 0.717) is 18.2 Å². The van der Waals surface area contributed by atoms with Gasteiger partial charge in [-0.25, -0.2) is 0 Å². The molecular formula is C19H27NO. The van der Waals surface area contributed by atoms with Crippen LogP contribution in [0.3, 0.4) is 0 Å². The quantitative estimate of drug-likeness (QED) is 0.918. The Balaban J connectivity index is 1.70. The molecule has 2 aliphatic rings. The van der Waals surface area contributed by atoms with E-state index in [1.54, 1.807) is 0 Å². The van der Waals surface area contributed by atoms with Crippen molar-refractivity contribution in [2.24, 2.45) is 5.92 Å². The summed E-state index contributed by atoms with van der Waals surface area (Å²) in [6.45, 7) is 6.38. The molecule has 21 heavy (non-hydrogen) atoms. The van der Waals surface area contributed by atoms with E-state index < -0.39 is 0 Å². The second-order valence-electron chi connectivity index (χ2n) is 7.13. The Labute approximate surface area is 128 Å². The molecule has 3 atom stereocenters. The highest BCUT2D eigenvalue weighted by Crippen LogP contribution is 2.33. The zero-order valence-corrected chi connectivity index (χ0v) is 13.5. The summed E-state index contributed by atoms with van der Waals surface area (Å²) in [5.74, 6) is 1.13. The Morgan fingerprint density at radius 3 is 2.48 bits per heavy atom. The average Bonchev–Trinajstić information content (AvgIpc) is 2.86. The topological polar surface area (TPSA) is 29.1 Å². The molecule has 1 aromatic rings. The maximum absolute atomic E-state index is 12.7. The van der Waals surface area contributed by atoms with E-state index in [9.17, 15) is 4.79 Å². The van der Waals surface area contributed by atoms with Gasteiger partial charge in [-0.15, -0.1) is 0 Å². The van der Waals surface area contributed by atoms with E-state index in [1.165, 1.54) is 47.9 Å². The van der Waals surface area contributed by atoms with Crippen LogP contribution in [0.1, 0.15) is 54.4 Å². The molecule has 1 N–H and O–H groups in total. The smallest absolute Gasteiger partial charge is 0.154 e. The van der Waals surface area contributed by atoms with Gasteiger partial charge < -0.3 is 5.32 Å². The summed E-state index contributed by atoms with van der Waals surface area (Å²) in [5, 5.41) is 3.61. The Kier molecular flexibility index (Phi) is 4.17. The SMILES string of the molecule is Cc1cc(C)c(CC(=O)C2CC3CCCCC3N2)c(C)c1. The predicted octanol–water partition coefficient (Wildman–Crippen LogP) is 3.64. The van der Waals surface area contributed by atoms with Crippen LogP contribution in [-0.2, 0) is 11.2 Å². The van der Waals surface area contributed by atoms with E-state index in [2.05, 4.69) is 38.2 Å². The van der Waals surface area contributed by atoms with Gasteiger partial charge in [0.1, 0.15) is 0 Å². The van der Waals surface area contributed by atoms with Crippen molar-refractivity contribution in [1.82, 2.24) is 5.32 Å². The molecule has 2 heteroatoms. The number of Topliss-reactive ketones (excluding diaryl/α,β-unsaturated/α-hetero) is 1. The zero-order valence-electron chi connectivity index (χ0n) is 13.5. The molecule has 1 aliphatic carbocycles. The van der Waals surface area contributed by atoms with Crippen LogP contribution in [-0.4, -0.2) is 17.9 Å². The monoisotopic (exact) mass is 285 g/mol. The minimum atomic E-state index is 0.0956. The van der Waals surface area contributed by atoms with Crippen LogP contribution in [0.15, 0.2) is 12.1 Å². The number of hydrogen-bond acceptors (Lipinski definition) is 2. The van der Waals surface area contributed by atoms with E-state index in [4.69, 9.17) is 0 Å². The minimum Gasteiger partial charge on any atom is -0.304 e. The molecule has 2 fully saturated rings. The molecule has 2 nitrogen and oxygen atoms in total. The van der Waals surface area contributed by atoms with Crippen molar-refractivity contribution in [2.45, 2.75) is 71.4 Å². The zero-order chi connectivity index (χ0) is 15.0. The van der Waals surface area contributed by atoms with Gasteiger partial charge in [0.25, 0.3) is 0 Å². The third-order valence-electron chi connectivity index (χ3n) is 5.44. The normalized spacial score (nSPS) is 28.4. The molecule has 3 rings (SSSR count). The summed E-state index contributed by atoms with van der Waals surface area (Å²) in [6, 6.07) is 5.08. The summed E-state index contributed by atoms with van der Waals surface area (Å²) in [5.41, 5.74) is 5.04. The maximum Gasteiger partial charge on any atom is 0.154 e. The minimum absolute atomic E-state index is 0.0956. The van der Waals surface area contributed by atoms with Gasteiger partial charge in [0.15, 0.2) is 5.78 Å². The maximum atomic E-state index is 12.7. The number of rotatable bonds is 3. The second-order valence-corrected chi connectivity index (χ2v) is 7.13. The fourth-order valence-corrected chi connectivity index (χ4v) is 4.35. The lowest BCUT2D eigenvalue weighted by Gasteiger charge is -2.24. The predicted molar refractivity (Wildman–Crippen MR) is 86.7 cm³/mol. The highest BCUT2D eigenvalue weighted by Gasteiger charge is 2.37. The number of aryl methyl sites for hydroxylation is 3. The molecule has 0 spiro atoms.